The molecule has 0 aromatic carbocycles. The summed E-state index contributed by atoms with van der Waals surface area (Å²) >= 11 is 1.78. The Balaban J connectivity index is 2.25. The first-order valence-electron chi connectivity index (χ1n) is 4.78. The number of rotatable bonds is 0. The molecule has 2 heterocycles. The van der Waals surface area contributed by atoms with Gasteiger partial charge < -0.3 is 4.90 Å². The summed E-state index contributed by atoms with van der Waals surface area (Å²) in [7, 11) is 0. The number of nitrogens with zero attached hydrogens (tertiary/aromatic N) is 2. The van der Waals surface area contributed by atoms with Gasteiger partial charge in [-0.1, -0.05) is 32.5 Å². The Labute approximate surface area is 84.1 Å². The summed E-state index contributed by atoms with van der Waals surface area (Å²) in [5, 5.41) is 3.46. The summed E-state index contributed by atoms with van der Waals surface area (Å²) in [6, 6.07) is 0. The van der Waals surface area contributed by atoms with Crippen molar-refractivity contribution >= 4 is 16.9 Å². The molecule has 0 aromatic rings. The molecular formula is C10H16N2S. The lowest BCUT2D eigenvalue weighted by atomic mass is 9.92. The predicted octanol–water partition coefficient (Wildman–Crippen LogP) is 2.68. The maximum absolute atomic E-state index is 4.51. The first-order chi connectivity index (χ1) is 6.09. The lowest BCUT2D eigenvalue weighted by Crippen LogP contribution is -2.34. The van der Waals surface area contributed by atoms with Gasteiger partial charge in [0.25, 0.3) is 0 Å². The summed E-state index contributed by atoms with van der Waals surface area (Å²) in [6.07, 6.45) is 1.19. The van der Waals surface area contributed by atoms with E-state index in [1.54, 1.807) is 11.8 Å². The maximum Gasteiger partial charge on any atom is 0.167 e. The van der Waals surface area contributed by atoms with Crippen LogP contribution in [0.2, 0.25) is 0 Å². The van der Waals surface area contributed by atoms with Crippen molar-refractivity contribution in [2.24, 2.45) is 10.4 Å². The summed E-state index contributed by atoms with van der Waals surface area (Å²) in [4.78, 5) is 6.88. The van der Waals surface area contributed by atoms with Crippen LogP contribution >= 0.6 is 11.8 Å². The number of amidine groups is 1. The summed E-state index contributed by atoms with van der Waals surface area (Å²) in [5.41, 5.74) is 1.68. The van der Waals surface area contributed by atoms with Crippen LogP contribution in [0.15, 0.2) is 16.1 Å². The van der Waals surface area contributed by atoms with E-state index >= 15 is 0 Å². The van der Waals surface area contributed by atoms with Gasteiger partial charge in [0.05, 0.1) is 0 Å². The molecule has 13 heavy (non-hydrogen) atoms. The van der Waals surface area contributed by atoms with Crippen LogP contribution in [0.3, 0.4) is 0 Å². The molecule has 0 saturated heterocycles. The van der Waals surface area contributed by atoms with E-state index in [1.165, 1.54) is 17.3 Å². The number of thioether (sulfide) groups is 1. The third kappa shape index (κ3) is 1.62. The summed E-state index contributed by atoms with van der Waals surface area (Å²) < 4.78 is 0. The van der Waals surface area contributed by atoms with E-state index < -0.39 is 0 Å². The summed E-state index contributed by atoms with van der Waals surface area (Å²) in [6.45, 7) is 8.93. The van der Waals surface area contributed by atoms with Crippen molar-refractivity contribution in [1.82, 2.24) is 4.90 Å². The smallest absolute Gasteiger partial charge is 0.167 e. The highest BCUT2D eigenvalue weighted by Crippen LogP contribution is 2.38. The van der Waals surface area contributed by atoms with Crippen LogP contribution in [0.1, 0.15) is 27.2 Å². The molecule has 0 aliphatic carbocycles. The third-order valence-corrected chi connectivity index (χ3v) is 3.25. The van der Waals surface area contributed by atoms with Crippen LogP contribution in [-0.2, 0) is 0 Å². The van der Waals surface area contributed by atoms with Crippen molar-refractivity contribution in [2.45, 2.75) is 27.2 Å². The van der Waals surface area contributed by atoms with Gasteiger partial charge >= 0.3 is 0 Å². The molecule has 0 spiro atoms. The SMILES string of the molecule is CC(C)(C)C1=CSC2=NCCCN12. The van der Waals surface area contributed by atoms with Crippen LogP contribution in [0.4, 0.5) is 0 Å². The molecule has 72 valence electrons. The fraction of sp³-hybridized carbons (Fsp3) is 0.700. The second-order valence-corrected chi connectivity index (χ2v) is 5.38. The van der Waals surface area contributed by atoms with E-state index in [4.69, 9.17) is 0 Å². The lowest BCUT2D eigenvalue weighted by molar-refractivity contribution is 0.359. The molecule has 0 amide bonds. The number of hydrogen-bond donors (Lipinski definition) is 0. The van der Waals surface area contributed by atoms with E-state index in [-0.39, 0.29) is 5.41 Å². The van der Waals surface area contributed by atoms with Crippen molar-refractivity contribution < 1.29 is 0 Å². The molecule has 0 atom stereocenters. The van der Waals surface area contributed by atoms with Gasteiger partial charge in [-0.3, -0.25) is 4.99 Å². The Hall–Kier alpha value is -0.440. The highest BCUT2D eigenvalue weighted by atomic mass is 32.2. The second kappa shape index (κ2) is 3.05. The zero-order valence-electron chi connectivity index (χ0n) is 8.50. The Morgan fingerprint density at radius 2 is 2.23 bits per heavy atom. The molecule has 0 unspecified atom stereocenters. The second-order valence-electron chi connectivity index (χ2n) is 4.54. The topological polar surface area (TPSA) is 15.6 Å². The molecule has 0 fully saturated rings. The molecule has 0 N–H and O–H groups in total. The number of aliphatic imine (C=N–C) groups is 1. The zero-order valence-corrected chi connectivity index (χ0v) is 9.32. The average Bonchev–Trinajstić information content (AvgIpc) is 2.45. The largest absolute Gasteiger partial charge is 0.324 e. The highest BCUT2D eigenvalue weighted by Gasteiger charge is 2.31. The first kappa shape index (κ1) is 9.13. The van der Waals surface area contributed by atoms with Gasteiger partial charge in [0, 0.05) is 24.2 Å². The molecule has 0 saturated carbocycles. The number of hydrogen-bond acceptors (Lipinski definition) is 3. The fourth-order valence-corrected chi connectivity index (χ4v) is 2.84. The van der Waals surface area contributed by atoms with Crippen LogP contribution in [0.5, 0.6) is 0 Å². The van der Waals surface area contributed by atoms with Gasteiger partial charge in [-0.15, -0.1) is 0 Å². The molecule has 0 aromatic heterocycles. The van der Waals surface area contributed by atoms with Crippen molar-refractivity contribution in [1.29, 1.82) is 0 Å². The highest BCUT2D eigenvalue weighted by molar-refractivity contribution is 8.16. The number of fused-ring (bicyclic) bond motifs is 1. The lowest BCUT2D eigenvalue weighted by Gasteiger charge is -2.32. The van der Waals surface area contributed by atoms with Gasteiger partial charge in [0.15, 0.2) is 5.17 Å². The molecule has 2 aliphatic rings. The fourth-order valence-electron chi connectivity index (χ4n) is 1.66. The van der Waals surface area contributed by atoms with E-state index in [1.807, 2.05) is 0 Å². The van der Waals surface area contributed by atoms with Gasteiger partial charge in [-0.2, -0.15) is 0 Å². The molecule has 3 heteroatoms. The molecule has 0 bridgehead atoms. The van der Waals surface area contributed by atoms with Gasteiger partial charge in [-0.05, 0) is 11.8 Å². The first-order valence-corrected chi connectivity index (χ1v) is 5.66. The van der Waals surface area contributed by atoms with Crippen LogP contribution < -0.4 is 0 Å². The third-order valence-electron chi connectivity index (χ3n) is 2.35. The van der Waals surface area contributed by atoms with Crippen LogP contribution in [0, 0.1) is 5.41 Å². The zero-order chi connectivity index (χ0) is 9.47. The normalized spacial score (nSPS) is 22.5. The molecular weight excluding hydrogens is 180 g/mol. The molecule has 2 aliphatic heterocycles. The van der Waals surface area contributed by atoms with Crippen molar-refractivity contribution in [3.63, 3.8) is 0 Å². The summed E-state index contributed by atoms with van der Waals surface area (Å²) in [5.74, 6) is 0. The Kier molecular flexibility index (Phi) is 2.14. The molecule has 2 rings (SSSR count). The molecule has 0 radical (unpaired) electrons. The number of allylic oxidation sites excluding steroid dienone is 1. The predicted molar refractivity (Wildman–Crippen MR) is 58.8 cm³/mol. The van der Waals surface area contributed by atoms with Crippen molar-refractivity contribution in [3.05, 3.63) is 11.1 Å². The van der Waals surface area contributed by atoms with Gasteiger partial charge in [-0.25, -0.2) is 0 Å². The van der Waals surface area contributed by atoms with E-state index in [2.05, 4.69) is 36.1 Å². The standard InChI is InChI=1S/C10H16N2S/c1-10(2,3)8-7-13-9-11-5-4-6-12(8)9/h7H,4-6H2,1-3H3. The minimum Gasteiger partial charge on any atom is -0.324 e. The molecule has 2 nitrogen and oxygen atoms in total. The maximum atomic E-state index is 4.51. The van der Waals surface area contributed by atoms with Crippen molar-refractivity contribution in [2.75, 3.05) is 13.1 Å². The Morgan fingerprint density at radius 1 is 1.46 bits per heavy atom. The van der Waals surface area contributed by atoms with Crippen molar-refractivity contribution in [3.8, 4) is 0 Å². The van der Waals surface area contributed by atoms with Gasteiger partial charge in [0.1, 0.15) is 0 Å². The van der Waals surface area contributed by atoms with Gasteiger partial charge in [0.2, 0.25) is 0 Å². The average molecular weight is 196 g/mol. The Bertz CT molecular complexity index is 273. The van der Waals surface area contributed by atoms with E-state index in [9.17, 15) is 0 Å². The minimum atomic E-state index is 0.252. The quantitative estimate of drug-likeness (QED) is 0.592. The monoisotopic (exact) mass is 196 g/mol. The Morgan fingerprint density at radius 3 is 2.92 bits per heavy atom. The minimum absolute atomic E-state index is 0.252. The van der Waals surface area contributed by atoms with E-state index in [0.717, 1.165) is 13.1 Å². The van der Waals surface area contributed by atoms with E-state index in [0.29, 0.717) is 0 Å². The van der Waals surface area contributed by atoms with Crippen LogP contribution in [-0.4, -0.2) is 23.2 Å². The van der Waals surface area contributed by atoms with Crippen LogP contribution in [0.25, 0.3) is 0 Å².